The van der Waals surface area contributed by atoms with Gasteiger partial charge in [0.1, 0.15) is 0 Å². The zero-order valence-electron chi connectivity index (χ0n) is 15.7. The van der Waals surface area contributed by atoms with Crippen molar-refractivity contribution in [2.75, 3.05) is 0 Å². The van der Waals surface area contributed by atoms with Crippen molar-refractivity contribution in [3.63, 3.8) is 0 Å². The van der Waals surface area contributed by atoms with E-state index in [-0.39, 0.29) is 40.8 Å². The highest BCUT2D eigenvalue weighted by molar-refractivity contribution is 6.34. The van der Waals surface area contributed by atoms with Gasteiger partial charge in [-0.05, 0) is 36.6 Å². The van der Waals surface area contributed by atoms with Gasteiger partial charge in [0.05, 0.1) is 29.0 Å². The second-order valence-electron chi connectivity index (χ2n) is 7.42. The van der Waals surface area contributed by atoms with E-state index in [9.17, 15) is 14.4 Å². The summed E-state index contributed by atoms with van der Waals surface area (Å²) >= 11 is 12.5. The summed E-state index contributed by atoms with van der Waals surface area (Å²) in [7, 11) is 0. The maximum absolute atomic E-state index is 13.4. The Morgan fingerprint density at radius 2 is 1.45 bits per heavy atom. The number of imide groups is 1. The lowest BCUT2D eigenvalue weighted by Crippen LogP contribution is -2.49. The molecule has 0 bridgehead atoms. The summed E-state index contributed by atoms with van der Waals surface area (Å²) < 4.78 is 0. The molecule has 0 unspecified atom stereocenters. The van der Waals surface area contributed by atoms with Gasteiger partial charge in [-0.15, -0.1) is 0 Å². The molecular weight excluding hydrogens is 411 g/mol. The van der Waals surface area contributed by atoms with E-state index in [4.69, 9.17) is 23.2 Å². The second kappa shape index (κ2) is 8.17. The first-order valence-corrected chi connectivity index (χ1v) is 10.4. The van der Waals surface area contributed by atoms with Gasteiger partial charge in [-0.1, -0.05) is 66.4 Å². The molecule has 5 nitrogen and oxygen atoms in total. The molecule has 1 saturated carbocycles. The van der Waals surface area contributed by atoms with E-state index in [2.05, 4.69) is 0 Å². The summed E-state index contributed by atoms with van der Waals surface area (Å²) in [5.41, 5.74) is 0.877. The topological polar surface area (TPSA) is 57.7 Å². The number of amides is 3. The lowest BCUT2D eigenvalue weighted by Gasteiger charge is -2.31. The van der Waals surface area contributed by atoms with Crippen LogP contribution in [0.2, 0.25) is 10.0 Å². The minimum Gasteiger partial charge on any atom is -0.272 e. The Bertz CT molecular complexity index is 954. The third-order valence-electron chi connectivity index (χ3n) is 5.68. The first kappa shape index (κ1) is 19.9. The molecule has 1 saturated heterocycles. The van der Waals surface area contributed by atoms with Crippen LogP contribution in [-0.2, 0) is 16.1 Å². The summed E-state index contributed by atoms with van der Waals surface area (Å²) in [6, 6.07) is 13.7. The number of carbonyl (C=O) groups excluding carboxylic acids is 3. The number of hydrogen-bond donors (Lipinski definition) is 0. The highest BCUT2D eigenvalue weighted by Gasteiger charge is 2.51. The van der Waals surface area contributed by atoms with E-state index >= 15 is 0 Å². The number of halogens is 2. The molecule has 2 aliphatic rings. The van der Waals surface area contributed by atoms with Crippen LogP contribution in [-0.4, -0.2) is 27.7 Å². The predicted octanol–water partition coefficient (Wildman–Crippen LogP) is 4.73. The Kier molecular flexibility index (Phi) is 5.61. The molecule has 0 N–H and O–H groups in total. The van der Waals surface area contributed by atoms with Crippen LogP contribution in [0.5, 0.6) is 0 Å². The Balaban J connectivity index is 1.75. The molecule has 4 rings (SSSR count). The van der Waals surface area contributed by atoms with Crippen LogP contribution >= 0.6 is 23.2 Å². The highest BCUT2D eigenvalue weighted by Crippen LogP contribution is 2.39. The van der Waals surface area contributed by atoms with Gasteiger partial charge in [-0.3, -0.25) is 14.4 Å². The molecule has 29 heavy (non-hydrogen) atoms. The molecule has 2 aromatic carbocycles. The molecule has 1 aliphatic carbocycles. The predicted molar refractivity (Wildman–Crippen MR) is 110 cm³/mol. The largest absolute Gasteiger partial charge is 0.274 e. The number of nitrogens with zero attached hydrogens (tertiary/aromatic N) is 2. The first-order valence-electron chi connectivity index (χ1n) is 9.66. The van der Waals surface area contributed by atoms with Crippen molar-refractivity contribution in [1.29, 1.82) is 0 Å². The fourth-order valence-corrected chi connectivity index (χ4v) is 4.59. The SMILES string of the molecule is O=C(c1ccccc1Cl)N(Cc1ccccc1Cl)N1C(=O)[C@H]2CCCC[C@@H]2C1=O. The molecule has 150 valence electrons. The Morgan fingerprint density at radius 1 is 0.897 bits per heavy atom. The normalized spacial score (nSPS) is 21.2. The van der Waals surface area contributed by atoms with E-state index in [1.165, 1.54) is 5.01 Å². The van der Waals surface area contributed by atoms with Gasteiger partial charge in [0, 0.05) is 5.02 Å². The van der Waals surface area contributed by atoms with Gasteiger partial charge in [0.15, 0.2) is 0 Å². The molecular formula is C22H20Cl2N2O3. The average Bonchev–Trinajstić information content (AvgIpc) is 2.98. The zero-order valence-corrected chi connectivity index (χ0v) is 17.2. The molecule has 2 fully saturated rings. The summed E-state index contributed by atoms with van der Waals surface area (Å²) in [5.74, 6) is -1.84. The van der Waals surface area contributed by atoms with Crippen LogP contribution in [0.1, 0.15) is 41.6 Å². The fraction of sp³-hybridized carbons (Fsp3) is 0.318. The highest BCUT2D eigenvalue weighted by atomic mass is 35.5. The van der Waals surface area contributed by atoms with Crippen LogP contribution in [0.4, 0.5) is 0 Å². The van der Waals surface area contributed by atoms with E-state index < -0.39 is 5.91 Å². The maximum atomic E-state index is 13.4. The summed E-state index contributed by atoms with van der Waals surface area (Å²) in [6.07, 6.45) is 3.17. The molecule has 1 heterocycles. The van der Waals surface area contributed by atoms with Crippen molar-refractivity contribution >= 4 is 40.9 Å². The van der Waals surface area contributed by atoms with Crippen molar-refractivity contribution in [1.82, 2.24) is 10.0 Å². The van der Waals surface area contributed by atoms with Crippen LogP contribution in [0.15, 0.2) is 48.5 Å². The summed E-state index contributed by atoms with van der Waals surface area (Å²) in [5, 5.41) is 2.96. The second-order valence-corrected chi connectivity index (χ2v) is 8.23. The van der Waals surface area contributed by atoms with Crippen molar-refractivity contribution in [3.8, 4) is 0 Å². The molecule has 0 aromatic heterocycles. The molecule has 3 amide bonds. The number of carbonyl (C=O) groups is 3. The molecule has 2 atom stereocenters. The average molecular weight is 431 g/mol. The monoisotopic (exact) mass is 430 g/mol. The van der Waals surface area contributed by atoms with Gasteiger partial charge in [0.25, 0.3) is 17.7 Å². The standard InChI is InChI=1S/C22H20Cl2N2O3/c23-18-11-5-1-7-14(18)13-25(20(27)17-10-4-6-12-19(17)24)26-21(28)15-8-2-3-9-16(15)22(26)29/h1,4-7,10-12,15-16H,2-3,8-9,13H2/t15-,16-/m0/s1. The molecule has 2 aromatic rings. The van der Waals surface area contributed by atoms with Crippen molar-refractivity contribution in [2.45, 2.75) is 32.2 Å². The minimum absolute atomic E-state index is 0.000645. The van der Waals surface area contributed by atoms with E-state index in [0.29, 0.717) is 23.4 Å². The Hall–Kier alpha value is -2.37. The quantitative estimate of drug-likeness (QED) is 0.658. The van der Waals surface area contributed by atoms with Crippen LogP contribution in [0, 0.1) is 11.8 Å². The van der Waals surface area contributed by atoms with Crippen molar-refractivity contribution < 1.29 is 14.4 Å². The van der Waals surface area contributed by atoms with E-state index in [1.807, 2.05) is 0 Å². The Morgan fingerprint density at radius 3 is 2.03 bits per heavy atom. The number of benzene rings is 2. The fourth-order valence-electron chi connectivity index (χ4n) is 4.18. The van der Waals surface area contributed by atoms with Gasteiger partial charge < -0.3 is 0 Å². The smallest absolute Gasteiger partial charge is 0.272 e. The Labute approximate surface area is 179 Å². The molecule has 0 spiro atoms. The lowest BCUT2D eigenvalue weighted by atomic mass is 9.81. The van der Waals surface area contributed by atoms with E-state index in [1.54, 1.807) is 48.5 Å². The van der Waals surface area contributed by atoms with Crippen LogP contribution < -0.4 is 0 Å². The zero-order chi connectivity index (χ0) is 20.5. The number of rotatable bonds is 4. The number of hydrazine groups is 1. The summed E-state index contributed by atoms with van der Waals surface area (Å²) in [4.78, 5) is 39.7. The van der Waals surface area contributed by atoms with Crippen LogP contribution in [0.25, 0.3) is 0 Å². The molecule has 7 heteroatoms. The lowest BCUT2D eigenvalue weighted by molar-refractivity contribution is -0.155. The molecule has 1 aliphatic heterocycles. The van der Waals surface area contributed by atoms with Crippen LogP contribution in [0.3, 0.4) is 0 Å². The van der Waals surface area contributed by atoms with Gasteiger partial charge in [-0.2, -0.15) is 5.01 Å². The van der Waals surface area contributed by atoms with Gasteiger partial charge in [-0.25, -0.2) is 5.01 Å². The van der Waals surface area contributed by atoms with Gasteiger partial charge in [0.2, 0.25) is 0 Å². The van der Waals surface area contributed by atoms with E-state index in [0.717, 1.165) is 17.9 Å². The number of fused-ring (bicyclic) bond motifs is 1. The first-order chi connectivity index (χ1) is 14.0. The molecule has 0 radical (unpaired) electrons. The summed E-state index contributed by atoms with van der Waals surface area (Å²) in [6.45, 7) is 0.000645. The minimum atomic E-state index is -0.504. The maximum Gasteiger partial charge on any atom is 0.274 e. The van der Waals surface area contributed by atoms with Gasteiger partial charge >= 0.3 is 0 Å². The number of hydrogen-bond acceptors (Lipinski definition) is 3. The van der Waals surface area contributed by atoms with Crippen molar-refractivity contribution in [3.05, 3.63) is 69.7 Å². The third-order valence-corrected chi connectivity index (χ3v) is 6.37. The third kappa shape index (κ3) is 3.65. The van der Waals surface area contributed by atoms with Crippen molar-refractivity contribution in [2.24, 2.45) is 11.8 Å².